The van der Waals surface area contributed by atoms with E-state index in [9.17, 15) is 0 Å². The normalized spacial score (nSPS) is 14.5. The highest BCUT2D eigenvalue weighted by atomic mass is 127. The molecular weight excluding hydrogens is 515 g/mol. The predicted molar refractivity (Wildman–Crippen MR) is 144 cm³/mol. The van der Waals surface area contributed by atoms with Crippen LogP contribution in [0.25, 0.3) is 0 Å². The summed E-state index contributed by atoms with van der Waals surface area (Å²) in [5.41, 5.74) is 3.84. The SMILES string of the molecule is CCNC(=NCCc1ccccc1C)NC1CCN(c2cc(OC)cc(OC)c2)CC1.I. The van der Waals surface area contributed by atoms with E-state index < -0.39 is 0 Å². The minimum Gasteiger partial charge on any atom is -0.497 e. The average Bonchev–Trinajstić information content (AvgIpc) is 2.80. The van der Waals surface area contributed by atoms with Crippen molar-refractivity contribution >= 4 is 35.6 Å². The number of hydrogen-bond donors (Lipinski definition) is 2. The third-order valence-electron chi connectivity index (χ3n) is 5.79. The van der Waals surface area contributed by atoms with E-state index in [0.29, 0.717) is 6.04 Å². The largest absolute Gasteiger partial charge is 0.497 e. The second-order valence-corrected chi connectivity index (χ2v) is 7.91. The maximum atomic E-state index is 5.42. The lowest BCUT2D eigenvalue weighted by atomic mass is 10.0. The van der Waals surface area contributed by atoms with Crippen molar-refractivity contribution in [1.29, 1.82) is 0 Å². The molecule has 0 unspecified atom stereocenters. The Labute approximate surface area is 209 Å². The fourth-order valence-electron chi connectivity index (χ4n) is 3.95. The molecule has 1 aliphatic heterocycles. The lowest BCUT2D eigenvalue weighted by Gasteiger charge is -2.34. The number of nitrogens with one attached hydrogen (secondary N) is 2. The van der Waals surface area contributed by atoms with Crippen LogP contribution in [0.15, 0.2) is 47.5 Å². The van der Waals surface area contributed by atoms with Crippen LogP contribution in [0, 0.1) is 6.92 Å². The Morgan fingerprint density at radius 1 is 1.06 bits per heavy atom. The average molecular weight is 553 g/mol. The van der Waals surface area contributed by atoms with Gasteiger partial charge in [0.05, 0.1) is 14.2 Å². The first-order valence-electron chi connectivity index (χ1n) is 11.2. The molecule has 0 aromatic heterocycles. The van der Waals surface area contributed by atoms with Crippen LogP contribution >= 0.6 is 24.0 Å². The van der Waals surface area contributed by atoms with Gasteiger partial charge < -0.3 is 25.0 Å². The van der Waals surface area contributed by atoms with Crippen molar-refractivity contribution in [3.05, 3.63) is 53.6 Å². The van der Waals surface area contributed by atoms with E-state index in [0.717, 1.165) is 68.6 Å². The van der Waals surface area contributed by atoms with E-state index >= 15 is 0 Å². The monoisotopic (exact) mass is 552 g/mol. The van der Waals surface area contributed by atoms with Crippen molar-refractivity contribution in [1.82, 2.24) is 10.6 Å². The van der Waals surface area contributed by atoms with Gasteiger partial charge in [-0.15, -0.1) is 24.0 Å². The van der Waals surface area contributed by atoms with Crippen molar-refractivity contribution in [3.8, 4) is 11.5 Å². The van der Waals surface area contributed by atoms with Gasteiger partial charge in [-0.1, -0.05) is 24.3 Å². The van der Waals surface area contributed by atoms with Gasteiger partial charge >= 0.3 is 0 Å². The van der Waals surface area contributed by atoms with E-state index in [1.165, 1.54) is 11.1 Å². The topological polar surface area (TPSA) is 58.1 Å². The molecule has 1 saturated heterocycles. The molecule has 0 radical (unpaired) electrons. The second-order valence-electron chi connectivity index (χ2n) is 7.91. The molecule has 6 nitrogen and oxygen atoms in total. The number of halogens is 1. The molecule has 0 spiro atoms. The van der Waals surface area contributed by atoms with E-state index in [2.05, 4.69) is 65.8 Å². The van der Waals surface area contributed by atoms with Gasteiger partial charge in [0.1, 0.15) is 11.5 Å². The molecule has 0 atom stereocenters. The lowest BCUT2D eigenvalue weighted by Crippen LogP contribution is -2.48. The van der Waals surface area contributed by atoms with Gasteiger partial charge in [0.25, 0.3) is 0 Å². The third-order valence-corrected chi connectivity index (χ3v) is 5.79. The fraction of sp³-hybridized carbons (Fsp3) is 0.480. The molecule has 2 N–H and O–H groups in total. The number of anilines is 1. The summed E-state index contributed by atoms with van der Waals surface area (Å²) in [6.45, 7) is 7.88. The van der Waals surface area contributed by atoms with Gasteiger partial charge in [-0.05, 0) is 44.2 Å². The summed E-state index contributed by atoms with van der Waals surface area (Å²) in [7, 11) is 3.38. The lowest BCUT2D eigenvalue weighted by molar-refractivity contribution is 0.393. The highest BCUT2D eigenvalue weighted by Gasteiger charge is 2.21. The molecule has 0 saturated carbocycles. The second kappa shape index (κ2) is 13.4. The number of nitrogens with zero attached hydrogens (tertiary/aromatic N) is 2. The molecular formula is C25H37IN4O2. The van der Waals surface area contributed by atoms with Crippen LogP contribution in [0.3, 0.4) is 0 Å². The van der Waals surface area contributed by atoms with Crippen LogP contribution in [0.4, 0.5) is 5.69 Å². The van der Waals surface area contributed by atoms with Crippen molar-refractivity contribution in [2.24, 2.45) is 4.99 Å². The highest BCUT2D eigenvalue weighted by molar-refractivity contribution is 14.0. The standard InChI is InChI=1S/C25H36N4O2.HI/c1-5-26-25(27-13-10-20-9-7-6-8-19(20)2)28-21-11-14-29(15-12-21)22-16-23(30-3)18-24(17-22)31-4;/h6-9,16-18,21H,5,10-15H2,1-4H3,(H2,26,27,28);1H. The molecule has 7 heteroatoms. The van der Waals surface area contributed by atoms with Crippen LogP contribution in [0.5, 0.6) is 11.5 Å². The molecule has 1 aliphatic rings. The maximum absolute atomic E-state index is 5.42. The number of methoxy groups -OCH3 is 2. The van der Waals surface area contributed by atoms with Crippen LogP contribution in [0.1, 0.15) is 30.9 Å². The van der Waals surface area contributed by atoms with Crippen LogP contribution in [-0.4, -0.2) is 52.4 Å². The molecule has 3 rings (SSSR count). The Kier molecular flexibility index (Phi) is 10.9. The number of guanidine groups is 1. The Bertz CT molecular complexity index is 845. The quantitative estimate of drug-likeness (QED) is 0.289. The predicted octanol–water partition coefficient (Wildman–Crippen LogP) is 4.40. The number of rotatable bonds is 8. The number of aliphatic imine (C=N–C) groups is 1. The smallest absolute Gasteiger partial charge is 0.191 e. The van der Waals surface area contributed by atoms with Gasteiger partial charge in [0, 0.05) is 56.1 Å². The number of piperidine rings is 1. The van der Waals surface area contributed by atoms with Crippen LogP contribution in [0.2, 0.25) is 0 Å². The molecule has 176 valence electrons. The van der Waals surface area contributed by atoms with E-state index in [1.807, 2.05) is 6.07 Å². The first kappa shape index (κ1) is 26.1. The zero-order valence-corrected chi connectivity index (χ0v) is 22.0. The minimum atomic E-state index is 0. The first-order chi connectivity index (χ1) is 15.1. The summed E-state index contributed by atoms with van der Waals surface area (Å²) in [6.07, 6.45) is 3.07. The Hall–Kier alpha value is -2.16. The molecule has 2 aromatic rings. The van der Waals surface area contributed by atoms with Gasteiger partial charge in [-0.3, -0.25) is 4.99 Å². The Morgan fingerprint density at radius 3 is 2.31 bits per heavy atom. The minimum absolute atomic E-state index is 0. The van der Waals surface area contributed by atoms with Crippen molar-refractivity contribution in [2.75, 3.05) is 45.3 Å². The summed E-state index contributed by atoms with van der Waals surface area (Å²) >= 11 is 0. The van der Waals surface area contributed by atoms with Crippen LogP contribution in [-0.2, 0) is 6.42 Å². The Morgan fingerprint density at radius 2 is 1.72 bits per heavy atom. The fourth-order valence-corrected chi connectivity index (χ4v) is 3.95. The van der Waals surface area contributed by atoms with Gasteiger partial charge in [-0.2, -0.15) is 0 Å². The van der Waals surface area contributed by atoms with E-state index in [4.69, 9.17) is 14.5 Å². The molecule has 2 aromatic carbocycles. The highest BCUT2D eigenvalue weighted by Crippen LogP contribution is 2.30. The third kappa shape index (κ3) is 7.46. The van der Waals surface area contributed by atoms with E-state index in [-0.39, 0.29) is 24.0 Å². The Balaban J connectivity index is 0.00000363. The van der Waals surface area contributed by atoms with Gasteiger partial charge in [0.15, 0.2) is 5.96 Å². The first-order valence-corrected chi connectivity index (χ1v) is 11.2. The summed E-state index contributed by atoms with van der Waals surface area (Å²) in [4.78, 5) is 7.21. The number of ether oxygens (including phenoxy) is 2. The van der Waals surface area contributed by atoms with Gasteiger partial charge in [-0.25, -0.2) is 0 Å². The summed E-state index contributed by atoms with van der Waals surface area (Å²) in [5, 5.41) is 7.03. The van der Waals surface area contributed by atoms with E-state index in [1.54, 1.807) is 14.2 Å². The maximum Gasteiger partial charge on any atom is 0.191 e. The summed E-state index contributed by atoms with van der Waals surface area (Å²) in [5.74, 6) is 2.56. The summed E-state index contributed by atoms with van der Waals surface area (Å²) < 4.78 is 10.8. The van der Waals surface area contributed by atoms with Crippen molar-refractivity contribution < 1.29 is 9.47 Å². The zero-order chi connectivity index (χ0) is 22.1. The molecule has 1 fully saturated rings. The van der Waals surface area contributed by atoms with Crippen LogP contribution < -0.4 is 25.0 Å². The van der Waals surface area contributed by atoms with Crippen molar-refractivity contribution in [3.63, 3.8) is 0 Å². The summed E-state index contributed by atoms with van der Waals surface area (Å²) in [6, 6.07) is 15.0. The number of hydrogen-bond acceptors (Lipinski definition) is 4. The molecule has 0 bridgehead atoms. The van der Waals surface area contributed by atoms with Crippen molar-refractivity contribution in [2.45, 2.75) is 39.2 Å². The molecule has 32 heavy (non-hydrogen) atoms. The molecule has 0 amide bonds. The number of benzene rings is 2. The number of aryl methyl sites for hydroxylation is 1. The molecule has 1 heterocycles. The zero-order valence-electron chi connectivity index (χ0n) is 19.7. The molecule has 0 aliphatic carbocycles. The van der Waals surface area contributed by atoms with Gasteiger partial charge in [0.2, 0.25) is 0 Å².